The monoisotopic (exact) mass is 384 g/mol. The molecule has 0 bridgehead atoms. The van der Waals surface area contributed by atoms with Gasteiger partial charge in [0.2, 0.25) is 11.8 Å². The van der Waals surface area contributed by atoms with Crippen molar-refractivity contribution in [3.8, 4) is 17.2 Å². The van der Waals surface area contributed by atoms with Gasteiger partial charge in [-0.25, -0.2) is 0 Å². The quantitative estimate of drug-likeness (QED) is 0.734. The second kappa shape index (κ2) is 7.58. The zero-order valence-corrected chi connectivity index (χ0v) is 15.8. The number of phenols is 1. The summed E-state index contributed by atoms with van der Waals surface area (Å²) in [7, 11) is 0. The van der Waals surface area contributed by atoms with Gasteiger partial charge in [-0.05, 0) is 49.4 Å². The van der Waals surface area contributed by atoms with Crippen LogP contribution in [-0.4, -0.2) is 46.4 Å². The normalized spacial score (nSPS) is 16.4. The summed E-state index contributed by atoms with van der Waals surface area (Å²) in [4.78, 5) is 4.65. The molecule has 3 aromatic rings. The molecule has 1 aliphatic rings. The minimum absolute atomic E-state index is 0.0485. The summed E-state index contributed by atoms with van der Waals surface area (Å²) in [5, 5.41) is 18.5. The average molecular weight is 385 g/mol. The lowest BCUT2D eigenvalue weighted by Gasteiger charge is -2.38. The van der Waals surface area contributed by atoms with Crippen molar-refractivity contribution in [1.82, 2.24) is 15.1 Å². The number of rotatable bonds is 4. The first-order chi connectivity index (χ1) is 13.1. The lowest BCUT2D eigenvalue weighted by atomic mass is 10.2. The molecule has 2 heterocycles. The van der Waals surface area contributed by atoms with Crippen molar-refractivity contribution in [2.45, 2.75) is 13.0 Å². The summed E-state index contributed by atoms with van der Waals surface area (Å²) >= 11 is 6.04. The Morgan fingerprint density at radius 1 is 1.04 bits per heavy atom. The van der Waals surface area contributed by atoms with E-state index in [4.69, 9.17) is 16.0 Å². The predicted molar refractivity (Wildman–Crippen MR) is 105 cm³/mol. The maximum absolute atomic E-state index is 9.44. The number of halogens is 1. The zero-order valence-electron chi connectivity index (χ0n) is 15.0. The summed E-state index contributed by atoms with van der Waals surface area (Å²) in [5.41, 5.74) is 1.95. The van der Waals surface area contributed by atoms with Crippen LogP contribution in [0.4, 0.5) is 5.69 Å². The van der Waals surface area contributed by atoms with Crippen LogP contribution in [0.1, 0.15) is 18.9 Å². The Labute approximate surface area is 163 Å². The van der Waals surface area contributed by atoms with Gasteiger partial charge in [0.1, 0.15) is 5.75 Å². The second-order valence-electron chi connectivity index (χ2n) is 6.67. The molecule has 27 heavy (non-hydrogen) atoms. The Hall–Kier alpha value is -2.57. The van der Waals surface area contributed by atoms with E-state index in [0.29, 0.717) is 16.8 Å². The molecule has 140 valence electrons. The van der Waals surface area contributed by atoms with E-state index >= 15 is 0 Å². The largest absolute Gasteiger partial charge is 0.508 e. The molecule has 1 unspecified atom stereocenters. The lowest BCUT2D eigenvalue weighted by Crippen LogP contribution is -2.47. The van der Waals surface area contributed by atoms with Gasteiger partial charge in [-0.3, -0.25) is 4.90 Å². The topological polar surface area (TPSA) is 65.6 Å². The molecule has 7 heteroatoms. The van der Waals surface area contributed by atoms with Gasteiger partial charge in [-0.1, -0.05) is 17.7 Å². The van der Waals surface area contributed by atoms with Gasteiger partial charge in [0.15, 0.2) is 0 Å². The van der Waals surface area contributed by atoms with Gasteiger partial charge >= 0.3 is 0 Å². The fraction of sp³-hybridized carbons (Fsp3) is 0.300. The molecule has 1 N–H and O–H groups in total. The number of aromatic hydroxyl groups is 1. The van der Waals surface area contributed by atoms with E-state index in [1.165, 1.54) is 0 Å². The van der Waals surface area contributed by atoms with Crippen molar-refractivity contribution < 1.29 is 9.52 Å². The molecular formula is C20H21ClN4O2. The number of benzene rings is 2. The van der Waals surface area contributed by atoms with Crippen molar-refractivity contribution in [3.05, 3.63) is 59.4 Å². The Kier molecular flexibility index (Phi) is 5.01. The number of hydrogen-bond acceptors (Lipinski definition) is 6. The second-order valence-corrected chi connectivity index (χ2v) is 7.11. The summed E-state index contributed by atoms with van der Waals surface area (Å²) in [6.45, 7) is 5.70. The first-order valence-corrected chi connectivity index (χ1v) is 9.35. The van der Waals surface area contributed by atoms with Crippen LogP contribution in [0, 0.1) is 0 Å². The molecule has 2 aromatic carbocycles. The van der Waals surface area contributed by atoms with E-state index in [2.05, 4.69) is 26.9 Å². The molecule has 0 amide bonds. The molecule has 4 rings (SSSR count). The van der Waals surface area contributed by atoms with Crippen molar-refractivity contribution in [2.75, 3.05) is 31.1 Å². The molecular weight excluding hydrogens is 364 g/mol. The smallest absolute Gasteiger partial charge is 0.247 e. The molecule has 1 aromatic heterocycles. The van der Waals surface area contributed by atoms with Crippen molar-refractivity contribution in [2.24, 2.45) is 0 Å². The highest BCUT2D eigenvalue weighted by molar-refractivity contribution is 6.30. The van der Waals surface area contributed by atoms with Crippen molar-refractivity contribution in [3.63, 3.8) is 0 Å². The first-order valence-electron chi connectivity index (χ1n) is 8.97. The predicted octanol–water partition coefficient (Wildman–Crippen LogP) is 3.98. The number of piperazine rings is 1. The third-order valence-corrected chi connectivity index (χ3v) is 5.18. The van der Waals surface area contributed by atoms with Crippen LogP contribution in [-0.2, 0) is 0 Å². The van der Waals surface area contributed by atoms with E-state index in [0.717, 1.165) is 37.4 Å². The van der Waals surface area contributed by atoms with E-state index in [9.17, 15) is 5.11 Å². The van der Waals surface area contributed by atoms with Gasteiger partial charge in [0, 0.05) is 42.5 Å². The van der Waals surface area contributed by atoms with Gasteiger partial charge in [0.05, 0.1) is 6.04 Å². The van der Waals surface area contributed by atoms with Crippen LogP contribution in [0.15, 0.2) is 52.9 Å². The number of anilines is 1. The van der Waals surface area contributed by atoms with Gasteiger partial charge < -0.3 is 14.4 Å². The van der Waals surface area contributed by atoms with Crippen molar-refractivity contribution in [1.29, 1.82) is 0 Å². The van der Waals surface area contributed by atoms with Gasteiger partial charge in [-0.2, -0.15) is 0 Å². The van der Waals surface area contributed by atoms with Crippen LogP contribution in [0.5, 0.6) is 5.75 Å². The minimum atomic E-state index is 0.0485. The SMILES string of the molecule is CC(c1nnc(-c2cccc(Cl)c2)o1)N1CCN(c2ccc(O)cc2)CC1. The molecule has 1 aliphatic heterocycles. The summed E-state index contributed by atoms with van der Waals surface area (Å²) in [6.07, 6.45) is 0. The van der Waals surface area contributed by atoms with E-state index in [1.54, 1.807) is 12.1 Å². The average Bonchev–Trinajstić information content (AvgIpc) is 3.18. The van der Waals surface area contributed by atoms with Gasteiger partial charge in [0.25, 0.3) is 0 Å². The maximum Gasteiger partial charge on any atom is 0.247 e. The van der Waals surface area contributed by atoms with E-state index < -0.39 is 0 Å². The molecule has 0 radical (unpaired) electrons. The standard InChI is InChI=1S/C20H21ClN4O2/c1-14(19-22-23-20(27-19)15-3-2-4-16(21)13-15)24-9-11-25(12-10-24)17-5-7-18(26)8-6-17/h2-8,13-14,26H,9-12H2,1H3. The summed E-state index contributed by atoms with van der Waals surface area (Å²) < 4.78 is 5.90. The highest BCUT2D eigenvalue weighted by atomic mass is 35.5. The van der Waals surface area contributed by atoms with Crippen LogP contribution in [0.25, 0.3) is 11.5 Å². The van der Waals surface area contributed by atoms with Crippen LogP contribution in [0.3, 0.4) is 0 Å². The van der Waals surface area contributed by atoms with E-state index in [1.807, 2.05) is 36.4 Å². The third-order valence-electron chi connectivity index (χ3n) is 4.95. The molecule has 1 atom stereocenters. The number of nitrogens with zero attached hydrogens (tertiary/aromatic N) is 4. The number of hydrogen-bond donors (Lipinski definition) is 1. The molecule has 0 spiro atoms. The Bertz CT molecular complexity index is 904. The minimum Gasteiger partial charge on any atom is -0.508 e. The molecule has 1 fully saturated rings. The third kappa shape index (κ3) is 3.91. The number of phenolic OH excluding ortho intramolecular Hbond substituents is 1. The van der Waals surface area contributed by atoms with E-state index in [-0.39, 0.29) is 11.8 Å². The summed E-state index contributed by atoms with van der Waals surface area (Å²) in [6, 6.07) is 14.8. The summed E-state index contributed by atoms with van der Waals surface area (Å²) in [5.74, 6) is 1.39. The molecule has 0 saturated carbocycles. The fourth-order valence-corrected chi connectivity index (χ4v) is 3.52. The highest BCUT2D eigenvalue weighted by Crippen LogP contribution is 2.27. The zero-order chi connectivity index (χ0) is 18.8. The Morgan fingerprint density at radius 2 is 1.78 bits per heavy atom. The fourth-order valence-electron chi connectivity index (χ4n) is 3.33. The molecule has 0 aliphatic carbocycles. The van der Waals surface area contributed by atoms with Crippen LogP contribution in [0.2, 0.25) is 5.02 Å². The number of aromatic nitrogens is 2. The van der Waals surface area contributed by atoms with Crippen LogP contribution < -0.4 is 4.90 Å². The lowest BCUT2D eigenvalue weighted by molar-refractivity contribution is 0.174. The molecule has 1 saturated heterocycles. The maximum atomic E-state index is 9.44. The Morgan fingerprint density at radius 3 is 2.48 bits per heavy atom. The van der Waals surface area contributed by atoms with Crippen LogP contribution >= 0.6 is 11.6 Å². The first kappa shape index (κ1) is 17.8. The highest BCUT2D eigenvalue weighted by Gasteiger charge is 2.26. The van der Waals surface area contributed by atoms with Gasteiger partial charge in [-0.15, -0.1) is 10.2 Å². The Balaban J connectivity index is 1.41. The molecule has 6 nitrogen and oxygen atoms in total. The van der Waals surface area contributed by atoms with Crippen molar-refractivity contribution >= 4 is 17.3 Å².